The molecule has 2 nitrogen and oxygen atoms in total. The van der Waals surface area contributed by atoms with Crippen LogP contribution in [0.5, 0.6) is 5.75 Å². The highest BCUT2D eigenvalue weighted by Gasteiger charge is 2.14. The number of anilines is 2. The van der Waals surface area contributed by atoms with Gasteiger partial charge in [0.25, 0.3) is 0 Å². The van der Waals surface area contributed by atoms with Crippen LogP contribution in [0.2, 0.25) is 0 Å². The zero-order valence-electron chi connectivity index (χ0n) is 14.5. The lowest BCUT2D eigenvalue weighted by molar-refractivity contribution is 0.414. The Hall–Kier alpha value is -1.96. The molecule has 22 heavy (non-hydrogen) atoms. The van der Waals surface area contributed by atoms with Crippen LogP contribution in [0.25, 0.3) is 0 Å². The van der Waals surface area contributed by atoms with Gasteiger partial charge in [-0.05, 0) is 53.6 Å². The third-order valence-electron chi connectivity index (χ3n) is 4.07. The van der Waals surface area contributed by atoms with Crippen LogP contribution in [0.4, 0.5) is 11.4 Å². The predicted octanol–water partition coefficient (Wildman–Crippen LogP) is 5.99. The third-order valence-corrected chi connectivity index (χ3v) is 4.07. The van der Waals surface area contributed by atoms with Crippen LogP contribution in [-0.4, -0.2) is 7.11 Å². The van der Waals surface area contributed by atoms with Gasteiger partial charge in [-0.15, -0.1) is 0 Å². The molecule has 0 heterocycles. The maximum atomic E-state index is 5.30. The van der Waals surface area contributed by atoms with E-state index >= 15 is 0 Å². The highest BCUT2D eigenvalue weighted by molar-refractivity contribution is 5.70. The molecule has 0 radical (unpaired) electrons. The van der Waals surface area contributed by atoms with Crippen molar-refractivity contribution in [1.29, 1.82) is 0 Å². The summed E-state index contributed by atoms with van der Waals surface area (Å²) in [6, 6.07) is 12.8. The predicted molar refractivity (Wildman–Crippen MR) is 95.6 cm³/mol. The quantitative estimate of drug-likeness (QED) is 0.731. The first-order valence-electron chi connectivity index (χ1n) is 7.98. The van der Waals surface area contributed by atoms with Gasteiger partial charge in [-0.2, -0.15) is 0 Å². The normalized spacial score (nSPS) is 11.1. The fraction of sp³-hybridized carbons (Fsp3) is 0.400. The van der Waals surface area contributed by atoms with Gasteiger partial charge >= 0.3 is 0 Å². The number of hydrogen-bond donors (Lipinski definition) is 1. The topological polar surface area (TPSA) is 21.3 Å². The van der Waals surface area contributed by atoms with Gasteiger partial charge in [-0.25, -0.2) is 0 Å². The van der Waals surface area contributed by atoms with Gasteiger partial charge in [0.15, 0.2) is 0 Å². The van der Waals surface area contributed by atoms with Crippen LogP contribution in [-0.2, 0) is 0 Å². The Kier molecular flexibility index (Phi) is 5.12. The van der Waals surface area contributed by atoms with Crippen molar-refractivity contribution in [3.8, 4) is 5.75 Å². The van der Waals surface area contributed by atoms with E-state index in [0.717, 1.165) is 11.4 Å². The highest BCUT2D eigenvalue weighted by Crippen LogP contribution is 2.35. The van der Waals surface area contributed by atoms with Crippen LogP contribution in [0.1, 0.15) is 56.2 Å². The van der Waals surface area contributed by atoms with Crippen molar-refractivity contribution < 1.29 is 4.74 Å². The maximum absolute atomic E-state index is 5.30. The molecule has 0 spiro atoms. The lowest BCUT2D eigenvalue weighted by Crippen LogP contribution is -2.04. The van der Waals surface area contributed by atoms with Gasteiger partial charge in [0, 0.05) is 11.4 Å². The van der Waals surface area contributed by atoms with Gasteiger partial charge in [-0.3, -0.25) is 0 Å². The molecule has 0 amide bonds. The summed E-state index contributed by atoms with van der Waals surface area (Å²) < 4.78 is 5.30. The van der Waals surface area contributed by atoms with Crippen molar-refractivity contribution in [2.75, 3.05) is 12.4 Å². The highest BCUT2D eigenvalue weighted by atomic mass is 16.5. The molecule has 2 rings (SSSR count). The van der Waals surface area contributed by atoms with Gasteiger partial charge in [0.05, 0.1) is 7.11 Å². The molecular formula is C20H27NO. The number of hydrogen-bond acceptors (Lipinski definition) is 2. The second-order valence-corrected chi connectivity index (χ2v) is 6.43. The molecule has 0 aliphatic rings. The van der Waals surface area contributed by atoms with E-state index in [0.29, 0.717) is 11.8 Å². The maximum Gasteiger partial charge on any atom is 0.119 e. The lowest BCUT2D eigenvalue weighted by Gasteiger charge is -2.22. The minimum Gasteiger partial charge on any atom is -0.497 e. The molecule has 0 aliphatic heterocycles. The van der Waals surface area contributed by atoms with Crippen LogP contribution < -0.4 is 10.1 Å². The molecule has 0 saturated carbocycles. The van der Waals surface area contributed by atoms with Gasteiger partial charge in [0.1, 0.15) is 5.75 Å². The average Bonchev–Trinajstić information content (AvgIpc) is 2.48. The molecule has 0 bridgehead atoms. The zero-order chi connectivity index (χ0) is 16.3. The first-order valence-corrected chi connectivity index (χ1v) is 7.98. The molecule has 0 unspecified atom stereocenters. The monoisotopic (exact) mass is 297 g/mol. The lowest BCUT2D eigenvalue weighted by atomic mass is 9.92. The van der Waals surface area contributed by atoms with E-state index in [1.807, 2.05) is 6.07 Å². The molecule has 2 aromatic rings. The van der Waals surface area contributed by atoms with E-state index in [1.165, 1.54) is 22.4 Å². The molecule has 0 aliphatic carbocycles. The molecule has 0 aromatic heterocycles. The summed E-state index contributed by atoms with van der Waals surface area (Å²) in [5.74, 6) is 1.86. The second kappa shape index (κ2) is 6.87. The number of rotatable bonds is 5. The number of nitrogens with one attached hydrogen (secondary N) is 1. The van der Waals surface area contributed by atoms with Gasteiger partial charge in [-0.1, -0.05) is 45.9 Å². The summed E-state index contributed by atoms with van der Waals surface area (Å²) in [6.07, 6.45) is 0. The minimum absolute atomic E-state index is 0.486. The third kappa shape index (κ3) is 3.44. The molecule has 0 atom stereocenters. The van der Waals surface area contributed by atoms with Crippen molar-refractivity contribution in [1.82, 2.24) is 0 Å². The summed E-state index contributed by atoms with van der Waals surface area (Å²) in [4.78, 5) is 0. The standard InChI is InChI=1S/C20H27NO/c1-13(2)17-8-7-9-18(14(3)4)20(17)21-19-11-10-16(22-6)12-15(19)5/h7-14,21H,1-6H3. The van der Waals surface area contributed by atoms with Crippen LogP contribution in [0.15, 0.2) is 36.4 Å². The zero-order valence-corrected chi connectivity index (χ0v) is 14.5. The summed E-state index contributed by atoms with van der Waals surface area (Å²) in [6.45, 7) is 11.1. The Morgan fingerprint density at radius 1 is 0.909 bits per heavy atom. The SMILES string of the molecule is COc1ccc(Nc2c(C(C)C)cccc2C(C)C)c(C)c1. The average molecular weight is 297 g/mol. The number of aryl methyl sites for hydroxylation is 1. The van der Waals surface area contributed by atoms with E-state index in [-0.39, 0.29) is 0 Å². The van der Waals surface area contributed by atoms with Crippen LogP contribution >= 0.6 is 0 Å². The van der Waals surface area contributed by atoms with Crippen molar-refractivity contribution in [3.05, 3.63) is 53.1 Å². The number of para-hydroxylation sites is 1. The largest absolute Gasteiger partial charge is 0.497 e. The van der Waals surface area contributed by atoms with Gasteiger partial charge in [0.2, 0.25) is 0 Å². The van der Waals surface area contributed by atoms with E-state index < -0.39 is 0 Å². The molecule has 118 valence electrons. The minimum atomic E-state index is 0.486. The molecule has 1 N–H and O–H groups in total. The fourth-order valence-corrected chi connectivity index (χ4v) is 2.73. The van der Waals surface area contributed by atoms with E-state index in [9.17, 15) is 0 Å². The Morgan fingerprint density at radius 3 is 1.95 bits per heavy atom. The number of ether oxygens (including phenoxy) is 1. The summed E-state index contributed by atoms with van der Waals surface area (Å²) in [7, 11) is 1.70. The summed E-state index contributed by atoms with van der Waals surface area (Å²) in [5, 5.41) is 3.67. The van der Waals surface area contributed by atoms with E-state index in [4.69, 9.17) is 4.74 Å². The summed E-state index contributed by atoms with van der Waals surface area (Å²) in [5.41, 5.74) is 6.30. The Balaban J connectivity index is 2.48. The fourth-order valence-electron chi connectivity index (χ4n) is 2.73. The van der Waals surface area contributed by atoms with Crippen molar-refractivity contribution in [2.45, 2.75) is 46.5 Å². The molecule has 0 saturated heterocycles. The van der Waals surface area contributed by atoms with E-state index in [1.54, 1.807) is 7.11 Å². The second-order valence-electron chi connectivity index (χ2n) is 6.43. The number of benzene rings is 2. The van der Waals surface area contributed by atoms with Crippen LogP contribution in [0.3, 0.4) is 0 Å². The first kappa shape index (κ1) is 16.4. The van der Waals surface area contributed by atoms with Crippen LogP contribution in [0, 0.1) is 6.92 Å². The van der Waals surface area contributed by atoms with Crippen molar-refractivity contribution >= 4 is 11.4 Å². The van der Waals surface area contributed by atoms with E-state index in [2.05, 4.69) is 70.3 Å². The summed E-state index contributed by atoms with van der Waals surface area (Å²) >= 11 is 0. The number of methoxy groups -OCH3 is 1. The Labute approximate surface area is 134 Å². The molecule has 2 aromatic carbocycles. The molecule has 2 heteroatoms. The molecular weight excluding hydrogens is 270 g/mol. The van der Waals surface area contributed by atoms with Crippen molar-refractivity contribution in [3.63, 3.8) is 0 Å². The van der Waals surface area contributed by atoms with Crippen molar-refractivity contribution in [2.24, 2.45) is 0 Å². The van der Waals surface area contributed by atoms with Gasteiger partial charge < -0.3 is 10.1 Å². The first-order chi connectivity index (χ1) is 10.4. The Morgan fingerprint density at radius 2 is 1.50 bits per heavy atom. The Bertz CT molecular complexity index is 618. The molecule has 0 fully saturated rings. The smallest absolute Gasteiger partial charge is 0.119 e.